The number of carbonyl (C=O) groups excluding carboxylic acids is 1. The third kappa shape index (κ3) is 4.91. The summed E-state index contributed by atoms with van der Waals surface area (Å²) in [5.41, 5.74) is 8.13. The maximum atomic E-state index is 12.9. The first-order chi connectivity index (χ1) is 10.0. The molecule has 0 saturated heterocycles. The first-order valence-electron chi connectivity index (χ1n) is 6.91. The third-order valence-electron chi connectivity index (χ3n) is 3.20. The van der Waals surface area contributed by atoms with Crippen LogP contribution >= 0.6 is 0 Å². The molecule has 4 heteroatoms. The highest BCUT2D eigenvalue weighted by atomic mass is 19.1. The van der Waals surface area contributed by atoms with Gasteiger partial charge >= 0.3 is 0 Å². The second-order valence-corrected chi connectivity index (χ2v) is 5.22. The molecule has 1 amide bonds. The van der Waals surface area contributed by atoms with Gasteiger partial charge in [0.25, 0.3) is 0 Å². The number of anilines is 1. The van der Waals surface area contributed by atoms with E-state index in [0.717, 1.165) is 23.2 Å². The zero-order valence-corrected chi connectivity index (χ0v) is 12.0. The molecular formula is C17H19FN2O. The van der Waals surface area contributed by atoms with Gasteiger partial charge in [0.05, 0.1) is 6.42 Å². The third-order valence-corrected chi connectivity index (χ3v) is 3.20. The lowest BCUT2D eigenvalue weighted by Gasteiger charge is -2.15. The number of nitrogens with one attached hydrogen (secondary N) is 1. The lowest BCUT2D eigenvalue weighted by molar-refractivity contribution is -0.117. The molecule has 0 aromatic heterocycles. The first-order valence-corrected chi connectivity index (χ1v) is 6.91. The Hall–Kier alpha value is -2.36. The molecule has 1 atom stereocenters. The molecule has 0 aliphatic heterocycles. The standard InChI is InChI=1S/C17H19FN2O/c1-12(10-13-2-6-15(18)7-3-13)20-16-8-4-14(5-9-16)11-17(19)21/h2-9,12,20H,10-11H2,1H3,(H2,19,21). The molecule has 2 rings (SSSR count). The molecule has 0 fully saturated rings. The Bertz CT molecular complexity index is 593. The summed E-state index contributed by atoms with van der Waals surface area (Å²) >= 11 is 0. The van der Waals surface area contributed by atoms with Gasteiger partial charge in [-0.15, -0.1) is 0 Å². The monoisotopic (exact) mass is 286 g/mol. The fourth-order valence-electron chi connectivity index (χ4n) is 2.23. The lowest BCUT2D eigenvalue weighted by Crippen LogP contribution is -2.18. The van der Waals surface area contributed by atoms with Gasteiger partial charge in [0.1, 0.15) is 5.82 Å². The predicted octanol–water partition coefficient (Wildman–Crippen LogP) is 2.90. The summed E-state index contributed by atoms with van der Waals surface area (Å²) in [6.07, 6.45) is 1.06. The van der Waals surface area contributed by atoms with E-state index in [1.807, 2.05) is 24.3 Å². The van der Waals surface area contributed by atoms with Crippen LogP contribution in [0.25, 0.3) is 0 Å². The number of halogens is 1. The largest absolute Gasteiger partial charge is 0.382 e. The minimum Gasteiger partial charge on any atom is -0.382 e. The average molecular weight is 286 g/mol. The molecule has 2 aromatic rings. The van der Waals surface area contributed by atoms with Gasteiger partial charge in [-0.25, -0.2) is 4.39 Å². The summed E-state index contributed by atoms with van der Waals surface area (Å²) in [4.78, 5) is 10.8. The number of primary amides is 1. The van der Waals surface area contributed by atoms with Crippen molar-refractivity contribution in [1.29, 1.82) is 0 Å². The summed E-state index contributed by atoms with van der Waals surface area (Å²) < 4.78 is 12.9. The molecule has 0 bridgehead atoms. The van der Waals surface area contributed by atoms with Crippen molar-refractivity contribution in [2.45, 2.75) is 25.8 Å². The zero-order valence-electron chi connectivity index (χ0n) is 12.0. The van der Waals surface area contributed by atoms with Crippen LogP contribution in [-0.4, -0.2) is 11.9 Å². The molecule has 1 unspecified atom stereocenters. The van der Waals surface area contributed by atoms with Gasteiger partial charge in [-0.3, -0.25) is 4.79 Å². The fraction of sp³-hybridized carbons (Fsp3) is 0.235. The number of nitrogens with two attached hydrogens (primary N) is 1. The summed E-state index contributed by atoms with van der Waals surface area (Å²) in [7, 11) is 0. The fourth-order valence-corrected chi connectivity index (χ4v) is 2.23. The van der Waals surface area contributed by atoms with E-state index in [1.54, 1.807) is 12.1 Å². The first kappa shape index (κ1) is 15.0. The molecule has 0 aliphatic rings. The second-order valence-electron chi connectivity index (χ2n) is 5.22. The van der Waals surface area contributed by atoms with E-state index < -0.39 is 0 Å². The normalized spacial score (nSPS) is 11.9. The molecular weight excluding hydrogens is 267 g/mol. The topological polar surface area (TPSA) is 55.1 Å². The van der Waals surface area contributed by atoms with Crippen LogP contribution in [0.15, 0.2) is 48.5 Å². The molecule has 21 heavy (non-hydrogen) atoms. The van der Waals surface area contributed by atoms with Crippen molar-refractivity contribution in [1.82, 2.24) is 0 Å². The summed E-state index contributed by atoms with van der Waals surface area (Å²) in [6, 6.07) is 14.4. The Balaban J connectivity index is 1.91. The van der Waals surface area contributed by atoms with Crippen LogP contribution in [0.1, 0.15) is 18.1 Å². The van der Waals surface area contributed by atoms with E-state index >= 15 is 0 Å². The van der Waals surface area contributed by atoms with Crippen molar-refractivity contribution in [3.63, 3.8) is 0 Å². The van der Waals surface area contributed by atoms with Crippen molar-refractivity contribution >= 4 is 11.6 Å². The average Bonchev–Trinajstić information content (AvgIpc) is 2.43. The van der Waals surface area contributed by atoms with Crippen molar-refractivity contribution in [2.24, 2.45) is 5.73 Å². The van der Waals surface area contributed by atoms with Crippen LogP contribution in [0.4, 0.5) is 10.1 Å². The number of benzene rings is 2. The lowest BCUT2D eigenvalue weighted by atomic mass is 10.1. The van der Waals surface area contributed by atoms with Gasteiger partial charge in [-0.05, 0) is 48.7 Å². The zero-order chi connectivity index (χ0) is 15.2. The Morgan fingerprint density at radius 3 is 2.24 bits per heavy atom. The molecule has 3 nitrogen and oxygen atoms in total. The molecule has 0 spiro atoms. The van der Waals surface area contributed by atoms with Crippen molar-refractivity contribution in [3.8, 4) is 0 Å². The summed E-state index contributed by atoms with van der Waals surface area (Å²) in [6.45, 7) is 2.07. The molecule has 0 aliphatic carbocycles. The van der Waals surface area contributed by atoms with E-state index in [0.29, 0.717) is 0 Å². The second kappa shape index (κ2) is 6.88. The highest BCUT2D eigenvalue weighted by Gasteiger charge is 2.05. The minimum atomic E-state index is -0.333. The predicted molar refractivity (Wildman–Crippen MR) is 82.5 cm³/mol. The molecule has 0 radical (unpaired) electrons. The van der Waals surface area contributed by atoms with E-state index in [-0.39, 0.29) is 24.2 Å². The molecule has 110 valence electrons. The van der Waals surface area contributed by atoms with Crippen LogP contribution < -0.4 is 11.1 Å². The molecule has 0 heterocycles. The van der Waals surface area contributed by atoms with Gasteiger partial charge in [0, 0.05) is 11.7 Å². The van der Waals surface area contributed by atoms with Crippen LogP contribution in [0.2, 0.25) is 0 Å². The molecule has 0 saturated carbocycles. The van der Waals surface area contributed by atoms with E-state index in [2.05, 4.69) is 12.2 Å². The van der Waals surface area contributed by atoms with Crippen molar-refractivity contribution in [3.05, 3.63) is 65.5 Å². The van der Waals surface area contributed by atoms with Crippen LogP contribution in [0.3, 0.4) is 0 Å². The molecule has 2 aromatic carbocycles. The maximum absolute atomic E-state index is 12.9. The number of amides is 1. The van der Waals surface area contributed by atoms with E-state index in [4.69, 9.17) is 5.73 Å². The van der Waals surface area contributed by atoms with E-state index in [1.165, 1.54) is 12.1 Å². The maximum Gasteiger partial charge on any atom is 0.221 e. The number of rotatable bonds is 6. The van der Waals surface area contributed by atoms with Crippen LogP contribution in [0, 0.1) is 5.82 Å². The highest BCUT2D eigenvalue weighted by molar-refractivity contribution is 5.76. The van der Waals surface area contributed by atoms with Crippen LogP contribution in [-0.2, 0) is 17.6 Å². The Labute approximate surface area is 124 Å². The number of hydrogen-bond acceptors (Lipinski definition) is 2. The van der Waals surface area contributed by atoms with Crippen LogP contribution in [0.5, 0.6) is 0 Å². The van der Waals surface area contributed by atoms with Gasteiger partial charge in [-0.1, -0.05) is 24.3 Å². The van der Waals surface area contributed by atoms with Gasteiger partial charge < -0.3 is 11.1 Å². The van der Waals surface area contributed by atoms with Crippen molar-refractivity contribution in [2.75, 3.05) is 5.32 Å². The highest BCUT2D eigenvalue weighted by Crippen LogP contribution is 2.13. The quantitative estimate of drug-likeness (QED) is 0.858. The molecule has 3 N–H and O–H groups in total. The number of hydrogen-bond donors (Lipinski definition) is 2. The smallest absolute Gasteiger partial charge is 0.221 e. The van der Waals surface area contributed by atoms with Crippen molar-refractivity contribution < 1.29 is 9.18 Å². The Morgan fingerprint density at radius 1 is 1.10 bits per heavy atom. The number of carbonyl (C=O) groups is 1. The van der Waals surface area contributed by atoms with Gasteiger partial charge in [-0.2, -0.15) is 0 Å². The Morgan fingerprint density at radius 2 is 1.67 bits per heavy atom. The summed E-state index contributed by atoms with van der Waals surface area (Å²) in [5, 5.41) is 3.38. The van der Waals surface area contributed by atoms with Gasteiger partial charge in [0.15, 0.2) is 0 Å². The minimum absolute atomic E-state index is 0.218. The van der Waals surface area contributed by atoms with E-state index in [9.17, 15) is 9.18 Å². The van der Waals surface area contributed by atoms with Gasteiger partial charge in [0.2, 0.25) is 5.91 Å². The Kier molecular flexibility index (Phi) is 4.93. The SMILES string of the molecule is CC(Cc1ccc(F)cc1)Nc1ccc(CC(N)=O)cc1. The summed E-state index contributed by atoms with van der Waals surface area (Å²) in [5.74, 6) is -0.551.